The molecule has 0 unspecified atom stereocenters. The van der Waals surface area contributed by atoms with Crippen LogP contribution in [0, 0.1) is 11.3 Å². The van der Waals surface area contributed by atoms with E-state index in [-0.39, 0.29) is 5.92 Å². The van der Waals surface area contributed by atoms with Crippen molar-refractivity contribution in [3.63, 3.8) is 0 Å². The highest BCUT2D eigenvalue weighted by Gasteiger charge is 2.53. The lowest BCUT2D eigenvalue weighted by atomic mass is 9.74. The lowest BCUT2D eigenvalue weighted by molar-refractivity contribution is -0.157. The monoisotopic (exact) mass is 385 g/mol. The maximum Gasteiger partial charge on any atom is 0.311 e. The van der Waals surface area contributed by atoms with Crippen LogP contribution in [0.25, 0.3) is 0 Å². The molecule has 0 saturated carbocycles. The second-order valence-corrected chi connectivity index (χ2v) is 7.80. The van der Waals surface area contributed by atoms with Crippen molar-refractivity contribution in [1.29, 1.82) is 0 Å². The molecule has 2 aliphatic rings. The number of carboxylic acid groups (broad SMARTS) is 1. The van der Waals surface area contributed by atoms with Crippen LogP contribution in [-0.4, -0.2) is 58.4 Å². The molecule has 1 aromatic carbocycles. The summed E-state index contributed by atoms with van der Waals surface area (Å²) >= 11 is 0. The van der Waals surface area contributed by atoms with Crippen molar-refractivity contribution < 1.29 is 19.4 Å². The normalized spacial score (nSPS) is 24.8. The molecule has 2 atom stereocenters. The number of carbonyl (C=O) groups is 1. The molecule has 4 rings (SSSR count). The molecule has 0 radical (unpaired) electrons. The van der Waals surface area contributed by atoms with E-state index in [9.17, 15) is 9.90 Å². The van der Waals surface area contributed by atoms with E-state index >= 15 is 0 Å². The summed E-state index contributed by atoms with van der Waals surface area (Å²) in [7, 11) is 0. The molecule has 28 heavy (non-hydrogen) atoms. The van der Waals surface area contributed by atoms with Crippen molar-refractivity contribution in [1.82, 2.24) is 14.5 Å². The van der Waals surface area contributed by atoms with Gasteiger partial charge in [-0.05, 0) is 30.5 Å². The van der Waals surface area contributed by atoms with Gasteiger partial charge in [-0.1, -0.05) is 12.1 Å². The van der Waals surface area contributed by atoms with E-state index in [1.54, 1.807) is 6.20 Å². The van der Waals surface area contributed by atoms with Crippen LogP contribution in [0.4, 0.5) is 0 Å². The average molecular weight is 385 g/mol. The molecular formula is C21H27N3O4. The van der Waals surface area contributed by atoms with Crippen molar-refractivity contribution in [2.75, 3.05) is 32.9 Å². The molecule has 1 N–H and O–H groups in total. The molecule has 2 fully saturated rings. The van der Waals surface area contributed by atoms with Crippen molar-refractivity contribution in [2.24, 2.45) is 11.3 Å². The predicted molar refractivity (Wildman–Crippen MR) is 103 cm³/mol. The van der Waals surface area contributed by atoms with Gasteiger partial charge in [0.15, 0.2) is 0 Å². The van der Waals surface area contributed by atoms with Crippen molar-refractivity contribution in [3.8, 4) is 5.75 Å². The highest BCUT2D eigenvalue weighted by molar-refractivity contribution is 5.76. The predicted octanol–water partition coefficient (Wildman–Crippen LogP) is 2.28. The number of likely N-dealkylation sites (tertiary alicyclic amines) is 1. The summed E-state index contributed by atoms with van der Waals surface area (Å²) in [6, 6.07) is 8.10. The Balaban J connectivity index is 1.31. The highest BCUT2D eigenvalue weighted by Crippen LogP contribution is 2.42. The third-order valence-corrected chi connectivity index (χ3v) is 5.90. The Labute approximate surface area is 164 Å². The molecular weight excluding hydrogens is 358 g/mol. The van der Waals surface area contributed by atoms with Crippen LogP contribution >= 0.6 is 0 Å². The van der Waals surface area contributed by atoms with Gasteiger partial charge < -0.3 is 19.1 Å². The van der Waals surface area contributed by atoms with Crippen LogP contribution in [0.3, 0.4) is 0 Å². The Bertz CT molecular complexity index is 795. The first kappa shape index (κ1) is 19.0. The summed E-state index contributed by atoms with van der Waals surface area (Å²) in [4.78, 5) is 18.2. The van der Waals surface area contributed by atoms with E-state index in [2.05, 4.69) is 22.0 Å². The highest BCUT2D eigenvalue weighted by atomic mass is 16.5. The maximum absolute atomic E-state index is 11.9. The van der Waals surface area contributed by atoms with Crippen LogP contribution in [-0.2, 0) is 22.6 Å². The van der Waals surface area contributed by atoms with Gasteiger partial charge >= 0.3 is 5.97 Å². The second-order valence-electron chi connectivity index (χ2n) is 7.80. The SMILES string of the molecule is O=C(O)[C@]12CCOC[C@H]1CN(Cc1cccc(OCCCn3ccnc3)c1)C2. The van der Waals surface area contributed by atoms with Crippen LogP contribution in [0.1, 0.15) is 18.4 Å². The van der Waals surface area contributed by atoms with Crippen molar-refractivity contribution >= 4 is 5.97 Å². The van der Waals surface area contributed by atoms with Crippen molar-refractivity contribution in [3.05, 3.63) is 48.5 Å². The fourth-order valence-electron chi connectivity index (χ4n) is 4.37. The second kappa shape index (κ2) is 8.32. The molecule has 1 aromatic heterocycles. The number of ether oxygens (including phenoxy) is 2. The minimum absolute atomic E-state index is 0.0707. The van der Waals surface area contributed by atoms with Crippen LogP contribution in [0.15, 0.2) is 43.0 Å². The summed E-state index contributed by atoms with van der Waals surface area (Å²) in [6.07, 6.45) is 7.05. The van der Waals surface area contributed by atoms with Gasteiger partial charge in [0.05, 0.1) is 25.0 Å². The molecule has 0 amide bonds. The quantitative estimate of drug-likeness (QED) is 0.703. The molecule has 7 nitrogen and oxygen atoms in total. The van der Waals surface area contributed by atoms with E-state index in [1.807, 2.05) is 29.2 Å². The average Bonchev–Trinajstić information content (AvgIpc) is 3.33. The molecule has 2 aromatic rings. The van der Waals surface area contributed by atoms with Crippen molar-refractivity contribution in [2.45, 2.75) is 25.9 Å². The Kier molecular flexibility index (Phi) is 5.64. The third kappa shape index (κ3) is 4.05. The molecule has 2 saturated heterocycles. The third-order valence-electron chi connectivity index (χ3n) is 5.90. The number of benzene rings is 1. The van der Waals surface area contributed by atoms with Crippen LogP contribution in [0.5, 0.6) is 5.75 Å². The minimum Gasteiger partial charge on any atom is -0.494 e. The zero-order valence-electron chi connectivity index (χ0n) is 16.0. The molecule has 150 valence electrons. The smallest absolute Gasteiger partial charge is 0.311 e. The molecule has 3 heterocycles. The number of hydrogen-bond donors (Lipinski definition) is 1. The van der Waals surface area contributed by atoms with Gasteiger partial charge in [-0.15, -0.1) is 0 Å². The first-order chi connectivity index (χ1) is 13.7. The lowest BCUT2D eigenvalue weighted by Crippen LogP contribution is -2.44. The van der Waals surface area contributed by atoms with Gasteiger partial charge in [0, 0.05) is 51.1 Å². The largest absolute Gasteiger partial charge is 0.494 e. The van der Waals surface area contributed by atoms with Crippen LogP contribution < -0.4 is 4.74 Å². The Morgan fingerprint density at radius 3 is 3.14 bits per heavy atom. The number of fused-ring (bicyclic) bond motifs is 1. The number of rotatable bonds is 8. The Hall–Kier alpha value is -2.38. The number of hydrogen-bond acceptors (Lipinski definition) is 5. The van der Waals surface area contributed by atoms with Gasteiger partial charge in [0.1, 0.15) is 5.75 Å². The maximum atomic E-state index is 11.9. The topological polar surface area (TPSA) is 76.8 Å². The summed E-state index contributed by atoms with van der Waals surface area (Å²) in [5.74, 6) is 0.246. The fraction of sp³-hybridized carbons (Fsp3) is 0.524. The van der Waals surface area contributed by atoms with E-state index in [0.717, 1.165) is 37.4 Å². The summed E-state index contributed by atoms with van der Waals surface area (Å²) < 4.78 is 13.5. The number of aromatic nitrogens is 2. The summed E-state index contributed by atoms with van der Waals surface area (Å²) in [5, 5.41) is 9.81. The summed E-state index contributed by atoms with van der Waals surface area (Å²) in [6.45, 7) is 4.70. The number of nitrogens with zero attached hydrogens (tertiary/aromatic N) is 3. The molecule has 0 spiro atoms. The fourth-order valence-corrected chi connectivity index (χ4v) is 4.37. The lowest BCUT2D eigenvalue weighted by Gasteiger charge is -2.34. The van der Waals surface area contributed by atoms with E-state index in [1.165, 1.54) is 0 Å². The Morgan fingerprint density at radius 1 is 1.43 bits per heavy atom. The van der Waals surface area contributed by atoms with E-state index < -0.39 is 11.4 Å². The number of imidazole rings is 1. The number of aryl methyl sites for hydroxylation is 1. The molecule has 2 aliphatic heterocycles. The Morgan fingerprint density at radius 2 is 2.36 bits per heavy atom. The standard InChI is InChI=1S/C21H27N3O4/c25-20(26)21-5-10-27-14-18(21)13-24(15-21)12-17-3-1-4-19(11-17)28-9-2-7-23-8-6-22-16-23/h1,3-4,6,8,11,16,18H,2,5,7,9-10,12-15H2,(H,25,26)/t18-,21+/m1/s1. The zero-order chi connectivity index (χ0) is 19.4. The first-order valence-corrected chi connectivity index (χ1v) is 9.87. The van der Waals surface area contributed by atoms with Gasteiger partial charge in [0.25, 0.3) is 0 Å². The van der Waals surface area contributed by atoms with Gasteiger partial charge in [-0.3, -0.25) is 9.69 Å². The van der Waals surface area contributed by atoms with Gasteiger partial charge in [0.2, 0.25) is 0 Å². The van der Waals surface area contributed by atoms with Crippen LogP contribution in [0.2, 0.25) is 0 Å². The number of aliphatic carboxylic acids is 1. The van der Waals surface area contributed by atoms with E-state index in [4.69, 9.17) is 9.47 Å². The molecule has 0 aliphatic carbocycles. The van der Waals surface area contributed by atoms with Gasteiger partial charge in [-0.2, -0.15) is 0 Å². The van der Waals surface area contributed by atoms with E-state index in [0.29, 0.717) is 32.8 Å². The minimum atomic E-state index is -0.682. The number of carboxylic acids is 1. The molecule has 0 bridgehead atoms. The summed E-state index contributed by atoms with van der Waals surface area (Å²) in [5.41, 5.74) is 0.492. The molecule has 7 heteroatoms. The zero-order valence-corrected chi connectivity index (χ0v) is 16.0. The first-order valence-electron chi connectivity index (χ1n) is 9.87. The van der Waals surface area contributed by atoms with Gasteiger partial charge in [-0.25, -0.2) is 4.98 Å².